The lowest BCUT2D eigenvalue weighted by Gasteiger charge is -2.07. The lowest BCUT2D eigenvalue weighted by atomic mass is 10.1. The molecule has 0 atom stereocenters. The van der Waals surface area contributed by atoms with Gasteiger partial charge in [-0.2, -0.15) is 5.26 Å². The second-order valence-corrected chi connectivity index (χ2v) is 3.92. The van der Waals surface area contributed by atoms with E-state index in [1.54, 1.807) is 28.7 Å². The van der Waals surface area contributed by atoms with Crippen LogP contribution in [0.5, 0.6) is 0 Å². The molecular formula is C9H5F2IN2O2. The Balaban J connectivity index is 3.30. The van der Waals surface area contributed by atoms with E-state index in [2.05, 4.69) is 4.98 Å². The summed E-state index contributed by atoms with van der Waals surface area (Å²) in [6, 6.07) is 1.62. The molecule has 1 rings (SSSR count). The summed E-state index contributed by atoms with van der Waals surface area (Å²) in [6.07, 6.45) is -2.12. The van der Waals surface area contributed by atoms with Crippen molar-refractivity contribution in [3.05, 3.63) is 26.6 Å². The lowest BCUT2D eigenvalue weighted by molar-refractivity contribution is -0.136. The van der Waals surface area contributed by atoms with Gasteiger partial charge >= 0.3 is 5.97 Å². The Bertz CT molecular complexity index is 471. The molecule has 0 radical (unpaired) electrons. The Labute approximate surface area is 103 Å². The topological polar surface area (TPSA) is 74.0 Å². The largest absolute Gasteiger partial charge is 0.481 e. The summed E-state index contributed by atoms with van der Waals surface area (Å²) in [5, 5.41) is 17.3. The molecule has 84 valence electrons. The fourth-order valence-corrected chi connectivity index (χ4v) is 1.83. The fourth-order valence-electron chi connectivity index (χ4n) is 1.10. The number of aromatic nitrogens is 1. The van der Waals surface area contributed by atoms with Crippen molar-refractivity contribution in [2.24, 2.45) is 0 Å². The lowest BCUT2D eigenvalue weighted by Crippen LogP contribution is -2.07. The number of alkyl halides is 2. The van der Waals surface area contributed by atoms with Gasteiger partial charge in [0, 0.05) is 9.77 Å². The number of nitrogens with zero attached hydrogens (tertiary/aromatic N) is 2. The predicted molar refractivity (Wildman–Crippen MR) is 58.0 cm³/mol. The third kappa shape index (κ3) is 2.63. The number of nitriles is 1. The van der Waals surface area contributed by atoms with Crippen LogP contribution in [0.25, 0.3) is 0 Å². The van der Waals surface area contributed by atoms with Crippen LogP contribution >= 0.6 is 22.6 Å². The van der Waals surface area contributed by atoms with Gasteiger partial charge in [0.05, 0.1) is 12.0 Å². The maximum atomic E-state index is 12.5. The number of carboxylic acid groups (broad SMARTS) is 1. The van der Waals surface area contributed by atoms with Crippen LogP contribution in [0.15, 0.2) is 6.20 Å². The van der Waals surface area contributed by atoms with Crippen molar-refractivity contribution in [1.29, 1.82) is 5.26 Å². The number of rotatable bonds is 3. The number of halogens is 3. The number of hydrogen-bond acceptors (Lipinski definition) is 3. The monoisotopic (exact) mass is 338 g/mol. The smallest absolute Gasteiger partial charge is 0.307 e. The van der Waals surface area contributed by atoms with Crippen molar-refractivity contribution < 1.29 is 18.7 Å². The van der Waals surface area contributed by atoms with E-state index < -0.39 is 18.1 Å². The first-order valence-electron chi connectivity index (χ1n) is 4.04. The maximum Gasteiger partial charge on any atom is 0.307 e. The number of hydrogen-bond donors (Lipinski definition) is 1. The molecule has 0 saturated carbocycles. The third-order valence-electron chi connectivity index (χ3n) is 1.78. The Morgan fingerprint density at radius 2 is 2.31 bits per heavy atom. The van der Waals surface area contributed by atoms with Crippen LogP contribution in [0.3, 0.4) is 0 Å². The van der Waals surface area contributed by atoms with Crippen LogP contribution in [-0.2, 0) is 11.2 Å². The predicted octanol–water partition coefficient (Wildman–Crippen LogP) is 2.12. The van der Waals surface area contributed by atoms with Gasteiger partial charge in [0.1, 0.15) is 11.8 Å². The summed E-state index contributed by atoms with van der Waals surface area (Å²) in [5.41, 5.74) is -0.607. The number of aliphatic carboxylic acids is 1. The molecule has 1 N–H and O–H groups in total. The molecule has 1 aromatic rings. The molecule has 16 heavy (non-hydrogen) atoms. The highest BCUT2D eigenvalue weighted by molar-refractivity contribution is 14.1. The van der Waals surface area contributed by atoms with E-state index in [1.807, 2.05) is 0 Å². The van der Waals surface area contributed by atoms with Crippen molar-refractivity contribution in [1.82, 2.24) is 4.98 Å². The van der Waals surface area contributed by atoms with E-state index in [-0.39, 0.29) is 21.1 Å². The highest BCUT2D eigenvalue weighted by Gasteiger charge is 2.20. The Morgan fingerprint density at radius 3 is 2.75 bits per heavy atom. The van der Waals surface area contributed by atoms with Crippen LogP contribution in [0.2, 0.25) is 0 Å². The van der Waals surface area contributed by atoms with E-state index >= 15 is 0 Å². The van der Waals surface area contributed by atoms with Crippen molar-refractivity contribution in [3.8, 4) is 6.07 Å². The van der Waals surface area contributed by atoms with Crippen LogP contribution < -0.4 is 0 Å². The summed E-state index contributed by atoms with van der Waals surface area (Å²) < 4.78 is 25.1. The van der Waals surface area contributed by atoms with Gasteiger partial charge in [-0.25, -0.2) is 8.78 Å². The second-order valence-electron chi connectivity index (χ2n) is 2.84. The van der Waals surface area contributed by atoms with Crippen molar-refractivity contribution in [3.63, 3.8) is 0 Å². The van der Waals surface area contributed by atoms with Gasteiger partial charge in [-0.1, -0.05) is 0 Å². The molecule has 7 heteroatoms. The quantitative estimate of drug-likeness (QED) is 0.857. The summed E-state index contributed by atoms with van der Waals surface area (Å²) in [7, 11) is 0. The van der Waals surface area contributed by atoms with Gasteiger partial charge in [-0.3, -0.25) is 9.78 Å². The zero-order valence-electron chi connectivity index (χ0n) is 7.75. The SMILES string of the molecule is N#Cc1c(C(F)F)ncc(CC(=O)O)c1I. The first-order valence-corrected chi connectivity index (χ1v) is 5.12. The molecule has 0 spiro atoms. The van der Waals surface area contributed by atoms with Gasteiger partial charge in [-0.15, -0.1) is 0 Å². The number of carbonyl (C=O) groups is 1. The second kappa shape index (κ2) is 5.16. The fraction of sp³-hybridized carbons (Fsp3) is 0.222. The first kappa shape index (κ1) is 12.8. The minimum absolute atomic E-state index is 0.216. The van der Waals surface area contributed by atoms with Gasteiger partial charge in [0.15, 0.2) is 0 Å². The standard InChI is InChI=1S/C9H5F2IN2O2/c10-9(11)8-5(2-13)7(12)4(3-14-8)1-6(15)16/h3,9H,1H2,(H,15,16). The molecule has 0 aliphatic heterocycles. The third-order valence-corrected chi connectivity index (χ3v) is 3.01. The zero-order chi connectivity index (χ0) is 12.3. The molecule has 0 bridgehead atoms. The Morgan fingerprint density at radius 1 is 1.69 bits per heavy atom. The summed E-state index contributed by atoms with van der Waals surface area (Å²) in [5.74, 6) is -1.10. The summed E-state index contributed by atoms with van der Waals surface area (Å²) in [4.78, 5) is 13.9. The van der Waals surface area contributed by atoms with Crippen LogP contribution in [-0.4, -0.2) is 16.1 Å². The van der Waals surface area contributed by atoms with Gasteiger partial charge in [0.25, 0.3) is 6.43 Å². The maximum absolute atomic E-state index is 12.5. The minimum atomic E-state index is -2.85. The molecule has 0 unspecified atom stereocenters. The average molecular weight is 338 g/mol. The van der Waals surface area contributed by atoms with Crippen molar-refractivity contribution in [2.45, 2.75) is 12.8 Å². The van der Waals surface area contributed by atoms with E-state index in [0.29, 0.717) is 0 Å². The highest BCUT2D eigenvalue weighted by atomic mass is 127. The van der Waals surface area contributed by atoms with Crippen molar-refractivity contribution >= 4 is 28.6 Å². The Kier molecular flexibility index (Phi) is 4.12. The normalized spacial score (nSPS) is 10.2. The molecule has 0 aromatic carbocycles. The molecule has 0 amide bonds. The molecule has 0 aliphatic carbocycles. The Hall–Kier alpha value is -1.30. The van der Waals surface area contributed by atoms with Gasteiger partial charge in [-0.05, 0) is 28.2 Å². The van der Waals surface area contributed by atoms with Gasteiger partial charge < -0.3 is 5.11 Å². The molecule has 0 aliphatic rings. The molecule has 0 fully saturated rings. The van der Waals surface area contributed by atoms with Gasteiger partial charge in [0.2, 0.25) is 0 Å². The molecular weight excluding hydrogens is 333 g/mol. The van der Waals surface area contributed by atoms with Crippen LogP contribution in [0, 0.1) is 14.9 Å². The molecule has 0 saturated heterocycles. The highest BCUT2D eigenvalue weighted by Crippen LogP contribution is 2.26. The van der Waals surface area contributed by atoms with E-state index in [0.717, 1.165) is 6.20 Å². The van der Waals surface area contributed by atoms with E-state index in [1.165, 1.54) is 0 Å². The summed E-state index contributed by atoms with van der Waals surface area (Å²) in [6.45, 7) is 0. The van der Waals surface area contributed by atoms with Crippen LogP contribution in [0.1, 0.15) is 23.2 Å². The average Bonchev–Trinajstić information content (AvgIpc) is 2.19. The molecule has 4 nitrogen and oxygen atoms in total. The molecule has 1 heterocycles. The number of carboxylic acids is 1. The minimum Gasteiger partial charge on any atom is -0.481 e. The molecule has 1 aromatic heterocycles. The van der Waals surface area contributed by atoms with Crippen molar-refractivity contribution in [2.75, 3.05) is 0 Å². The zero-order valence-corrected chi connectivity index (χ0v) is 9.90. The number of pyridine rings is 1. The van der Waals surface area contributed by atoms with Crippen LogP contribution in [0.4, 0.5) is 8.78 Å². The van der Waals surface area contributed by atoms with E-state index in [4.69, 9.17) is 10.4 Å². The summed E-state index contributed by atoms with van der Waals surface area (Å²) >= 11 is 1.67. The van der Waals surface area contributed by atoms with E-state index in [9.17, 15) is 13.6 Å². The first-order chi connectivity index (χ1) is 7.47.